The van der Waals surface area contributed by atoms with Gasteiger partial charge in [-0.3, -0.25) is 4.68 Å². The number of hydrogen-bond donors (Lipinski definition) is 0. The van der Waals surface area contributed by atoms with E-state index in [0.717, 1.165) is 5.92 Å². The number of aromatic nitrogens is 2. The van der Waals surface area contributed by atoms with Gasteiger partial charge >= 0.3 is 0 Å². The fourth-order valence-electron chi connectivity index (χ4n) is 1.81. The van der Waals surface area contributed by atoms with E-state index >= 15 is 0 Å². The Morgan fingerprint density at radius 3 is 3.27 bits per heavy atom. The number of aryl methyl sites for hydroxylation is 2. The molecule has 0 aliphatic heterocycles. The molecule has 1 aromatic rings. The van der Waals surface area contributed by atoms with E-state index in [1.54, 1.807) is 0 Å². The molecule has 1 aliphatic rings. The molecule has 0 fully saturated rings. The summed E-state index contributed by atoms with van der Waals surface area (Å²) in [4.78, 5) is 0. The monoisotopic (exact) mass is 150 g/mol. The molecule has 0 N–H and O–H groups in total. The van der Waals surface area contributed by atoms with Crippen LogP contribution in [0.1, 0.15) is 24.6 Å². The van der Waals surface area contributed by atoms with Crippen LogP contribution in [0.2, 0.25) is 0 Å². The highest BCUT2D eigenvalue weighted by atomic mass is 15.3. The average molecular weight is 150 g/mol. The highest BCUT2D eigenvalue weighted by Crippen LogP contribution is 2.23. The largest absolute Gasteiger partial charge is 0.272 e. The van der Waals surface area contributed by atoms with Crippen LogP contribution < -0.4 is 0 Å². The van der Waals surface area contributed by atoms with Crippen molar-refractivity contribution < 1.29 is 0 Å². The van der Waals surface area contributed by atoms with E-state index in [2.05, 4.69) is 12.0 Å². The summed E-state index contributed by atoms with van der Waals surface area (Å²) in [6, 6.07) is 0. The molecular formula is C9H14N2. The van der Waals surface area contributed by atoms with Gasteiger partial charge in [0.1, 0.15) is 0 Å². The van der Waals surface area contributed by atoms with E-state index in [0.29, 0.717) is 0 Å². The predicted molar refractivity (Wildman–Crippen MR) is 44.4 cm³/mol. The molecule has 1 unspecified atom stereocenters. The van der Waals surface area contributed by atoms with Crippen LogP contribution in [0.3, 0.4) is 0 Å². The molecule has 1 aromatic heterocycles. The molecule has 2 heteroatoms. The molecule has 0 saturated carbocycles. The highest BCUT2D eigenvalue weighted by molar-refractivity contribution is 5.20. The Kier molecular flexibility index (Phi) is 1.48. The number of fused-ring (bicyclic) bond motifs is 1. The maximum Gasteiger partial charge on any atom is 0.0524 e. The summed E-state index contributed by atoms with van der Waals surface area (Å²) in [5.74, 6) is 0.845. The van der Waals surface area contributed by atoms with Crippen molar-refractivity contribution in [3.63, 3.8) is 0 Å². The van der Waals surface area contributed by atoms with E-state index in [9.17, 15) is 0 Å². The maximum absolute atomic E-state index is 4.25. The van der Waals surface area contributed by atoms with Gasteiger partial charge in [-0.2, -0.15) is 5.10 Å². The smallest absolute Gasteiger partial charge is 0.0524 e. The normalized spacial score (nSPS) is 23.3. The third kappa shape index (κ3) is 1.06. The molecule has 0 spiro atoms. The van der Waals surface area contributed by atoms with Gasteiger partial charge in [-0.25, -0.2) is 0 Å². The van der Waals surface area contributed by atoms with Crippen LogP contribution in [0.25, 0.3) is 0 Å². The minimum absolute atomic E-state index is 0.845. The van der Waals surface area contributed by atoms with Crippen LogP contribution in [-0.2, 0) is 19.9 Å². The fourth-order valence-corrected chi connectivity index (χ4v) is 1.81. The molecule has 2 rings (SSSR count). The quantitative estimate of drug-likeness (QED) is 0.548. The van der Waals surface area contributed by atoms with Crippen molar-refractivity contribution in [2.75, 3.05) is 0 Å². The molecule has 1 aliphatic carbocycles. The highest BCUT2D eigenvalue weighted by Gasteiger charge is 2.17. The molecule has 1 atom stereocenters. The summed E-state index contributed by atoms with van der Waals surface area (Å²) in [6.07, 6.45) is 5.79. The molecule has 0 bridgehead atoms. The number of rotatable bonds is 0. The Bertz CT molecular complexity index is 263. The zero-order valence-corrected chi connectivity index (χ0v) is 7.17. The first-order valence-electron chi connectivity index (χ1n) is 4.27. The minimum Gasteiger partial charge on any atom is -0.272 e. The molecule has 0 aromatic carbocycles. The molecular weight excluding hydrogens is 136 g/mol. The molecule has 0 amide bonds. The molecule has 11 heavy (non-hydrogen) atoms. The van der Waals surface area contributed by atoms with Crippen LogP contribution in [0, 0.1) is 5.92 Å². The van der Waals surface area contributed by atoms with Gasteiger partial charge in [-0.1, -0.05) is 6.92 Å². The van der Waals surface area contributed by atoms with Crippen molar-refractivity contribution in [2.24, 2.45) is 13.0 Å². The average Bonchev–Trinajstić information content (AvgIpc) is 2.33. The first-order chi connectivity index (χ1) is 5.27. The molecule has 60 valence electrons. The van der Waals surface area contributed by atoms with E-state index in [1.165, 1.54) is 30.5 Å². The van der Waals surface area contributed by atoms with Gasteiger partial charge < -0.3 is 0 Å². The van der Waals surface area contributed by atoms with Gasteiger partial charge in [-0.15, -0.1) is 0 Å². The third-order valence-electron chi connectivity index (χ3n) is 2.60. The first kappa shape index (κ1) is 6.89. The number of nitrogens with zero attached hydrogens (tertiary/aromatic N) is 2. The van der Waals surface area contributed by atoms with Crippen molar-refractivity contribution in [3.05, 3.63) is 17.5 Å². The Balaban J connectivity index is 2.37. The van der Waals surface area contributed by atoms with Crippen molar-refractivity contribution in [1.29, 1.82) is 0 Å². The standard InChI is InChI=1S/C9H14N2/c1-7-3-4-8-6-10-11(2)9(8)5-7/h6-7H,3-5H2,1-2H3. The summed E-state index contributed by atoms with van der Waals surface area (Å²) in [7, 11) is 2.04. The van der Waals surface area contributed by atoms with E-state index in [1.807, 2.05) is 17.9 Å². The second-order valence-electron chi connectivity index (χ2n) is 3.59. The molecule has 0 saturated heterocycles. The second-order valence-corrected chi connectivity index (χ2v) is 3.59. The third-order valence-corrected chi connectivity index (χ3v) is 2.60. The summed E-state index contributed by atoms with van der Waals surface area (Å²) in [5, 5.41) is 4.25. The zero-order valence-electron chi connectivity index (χ0n) is 7.17. The van der Waals surface area contributed by atoms with Gasteiger partial charge in [0.25, 0.3) is 0 Å². The lowest BCUT2D eigenvalue weighted by Crippen LogP contribution is -2.13. The first-order valence-corrected chi connectivity index (χ1v) is 4.27. The maximum atomic E-state index is 4.25. The van der Waals surface area contributed by atoms with Crippen LogP contribution in [0.5, 0.6) is 0 Å². The van der Waals surface area contributed by atoms with Crippen molar-refractivity contribution in [1.82, 2.24) is 9.78 Å². The minimum atomic E-state index is 0.845. The van der Waals surface area contributed by atoms with Gasteiger partial charge in [0, 0.05) is 12.7 Å². The van der Waals surface area contributed by atoms with Crippen molar-refractivity contribution >= 4 is 0 Å². The Labute approximate surface area is 67.2 Å². The fraction of sp³-hybridized carbons (Fsp3) is 0.667. The lowest BCUT2D eigenvalue weighted by molar-refractivity contribution is 0.480. The van der Waals surface area contributed by atoms with Crippen LogP contribution >= 0.6 is 0 Å². The van der Waals surface area contributed by atoms with E-state index in [-0.39, 0.29) is 0 Å². The van der Waals surface area contributed by atoms with Crippen molar-refractivity contribution in [3.8, 4) is 0 Å². The molecule has 1 heterocycles. The Morgan fingerprint density at radius 1 is 1.64 bits per heavy atom. The lowest BCUT2D eigenvalue weighted by atomic mass is 9.89. The zero-order chi connectivity index (χ0) is 7.84. The summed E-state index contributed by atoms with van der Waals surface area (Å²) < 4.78 is 2.02. The van der Waals surface area contributed by atoms with Gasteiger partial charge in [0.15, 0.2) is 0 Å². The second kappa shape index (κ2) is 2.36. The Morgan fingerprint density at radius 2 is 2.45 bits per heavy atom. The molecule has 0 radical (unpaired) electrons. The summed E-state index contributed by atoms with van der Waals surface area (Å²) in [6.45, 7) is 2.32. The van der Waals surface area contributed by atoms with Gasteiger partial charge in [-0.05, 0) is 30.7 Å². The molecule has 2 nitrogen and oxygen atoms in total. The lowest BCUT2D eigenvalue weighted by Gasteiger charge is -2.18. The van der Waals surface area contributed by atoms with Crippen LogP contribution in [-0.4, -0.2) is 9.78 Å². The summed E-state index contributed by atoms with van der Waals surface area (Å²) >= 11 is 0. The van der Waals surface area contributed by atoms with E-state index in [4.69, 9.17) is 0 Å². The topological polar surface area (TPSA) is 17.8 Å². The van der Waals surface area contributed by atoms with Crippen LogP contribution in [0.15, 0.2) is 6.20 Å². The predicted octanol–water partition coefficient (Wildman–Crippen LogP) is 1.54. The van der Waals surface area contributed by atoms with Gasteiger partial charge in [0.05, 0.1) is 6.20 Å². The number of hydrogen-bond acceptors (Lipinski definition) is 1. The van der Waals surface area contributed by atoms with Gasteiger partial charge in [0.2, 0.25) is 0 Å². The summed E-state index contributed by atoms with van der Waals surface area (Å²) in [5.41, 5.74) is 2.91. The van der Waals surface area contributed by atoms with Crippen LogP contribution in [0.4, 0.5) is 0 Å². The Hall–Kier alpha value is -0.790. The SMILES string of the molecule is CC1CCc2cnn(C)c2C1. The van der Waals surface area contributed by atoms with Crippen molar-refractivity contribution in [2.45, 2.75) is 26.2 Å². The van der Waals surface area contributed by atoms with E-state index < -0.39 is 0 Å².